The van der Waals surface area contributed by atoms with Crippen molar-refractivity contribution in [2.75, 3.05) is 30.8 Å². The van der Waals surface area contributed by atoms with E-state index in [4.69, 9.17) is 4.74 Å². The van der Waals surface area contributed by atoms with Crippen molar-refractivity contribution in [3.05, 3.63) is 29.8 Å². The van der Waals surface area contributed by atoms with E-state index in [1.807, 2.05) is 26.0 Å². The number of ether oxygens (including phenoxy) is 1. The quantitative estimate of drug-likeness (QED) is 0.681. The Morgan fingerprint density at radius 2 is 1.81 bits per heavy atom. The number of esters is 1. The Morgan fingerprint density at radius 1 is 1.19 bits per heavy atom. The zero-order valence-corrected chi connectivity index (χ0v) is 16.8. The molecule has 7 nitrogen and oxygen atoms in total. The van der Waals surface area contributed by atoms with E-state index in [-0.39, 0.29) is 18.3 Å². The number of anilines is 1. The highest BCUT2D eigenvalue weighted by Crippen LogP contribution is 2.21. The number of nitrogens with zero attached hydrogens (tertiary/aromatic N) is 1. The first-order valence-corrected chi connectivity index (χ1v) is 10.9. The van der Waals surface area contributed by atoms with Gasteiger partial charge >= 0.3 is 5.97 Å². The van der Waals surface area contributed by atoms with Crippen LogP contribution >= 0.6 is 0 Å². The van der Waals surface area contributed by atoms with Crippen molar-refractivity contribution in [2.45, 2.75) is 39.5 Å². The fourth-order valence-electron chi connectivity index (χ4n) is 2.91. The van der Waals surface area contributed by atoms with Gasteiger partial charge < -0.3 is 10.1 Å². The predicted molar refractivity (Wildman–Crippen MR) is 104 cm³/mol. The van der Waals surface area contributed by atoms with Crippen molar-refractivity contribution >= 4 is 27.6 Å². The fourth-order valence-corrected chi connectivity index (χ4v) is 4.59. The zero-order valence-electron chi connectivity index (χ0n) is 15.9. The maximum atomic E-state index is 12.2. The van der Waals surface area contributed by atoms with Crippen LogP contribution in [0.3, 0.4) is 0 Å². The van der Waals surface area contributed by atoms with Crippen molar-refractivity contribution in [1.82, 2.24) is 4.31 Å². The second kappa shape index (κ2) is 9.85. The number of rotatable bonds is 8. The SMILES string of the molecule is CCCCS(=O)(=O)N1CCC(C(=O)OCC(=O)Nc2ccc(C)cc2)CC1. The number of nitrogens with one attached hydrogen (secondary N) is 1. The molecule has 8 heteroatoms. The lowest BCUT2D eigenvalue weighted by molar-refractivity contribution is -0.152. The molecular formula is C19H28N2O5S. The normalized spacial score (nSPS) is 16.1. The van der Waals surface area contributed by atoms with Gasteiger partial charge in [0.05, 0.1) is 11.7 Å². The molecule has 1 aromatic rings. The average Bonchev–Trinajstić information content (AvgIpc) is 2.66. The van der Waals surface area contributed by atoms with Gasteiger partial charge in [0.1, 0.15) is 0 Å². The van der Waals surface area contributed by atoms with E-state index < -0.39 is 21.9 Å². The maximum Gasteiger partial charge on any atom is 0.309 e. The van der Waals surface area contributed by atoms with Gasteiger partial charge in [0.15, 0.2) is 6.61 Å². The number of carbonyl (C=O) groups excluding carboxylic acids is 2. The molecule has 0 radical (unpaired) electrons. The van der Waals surface area contributed by atoms with Gasteiger partial charge in [0.2, 0.25) is 10.0 Å². The van der Waals surface area contributed by atoms with E-state index in [9.17, 15) is 18.0 Å². The van der Waals surface area contributed by atoms with Gasteiger partial charge in [0, 0.05) is 18.8 Å². The zero-order chi connectivity index (χ0) is 19.9. The Labute approximate surface area is 161 Å². The van der Waals surface area contributed by atoms with Gasteiger partial charge in [-0.3, -0.25) is 9.59 Å². The maximum absolute atomic E-state index is 12.2. The Kier molecular flexibility index (Phi) is 7.79. The molecule has 27 heavy (non-hydrogen) atoms. The van der Waals surface area contributed by atoms with Crippen LogP contribution in [0.5, 0.6) is 0 Å². The van der Waals surface area contributed by atoms with Crippen LogP contribution in [0, 0.1) is 12.8 Å². The fraction of sp³-hybridized carbons (Fsp3) is 0.579. The molecule has 0 saturated carbocycles. The number of carbonyl (C=O) groups is 2. The summed E-state index contributed by atoms with van der Waals surface area (Å²) in [7, 11) is -3.24. The number of amides is 1. The first kappa shape index (κ1) is 21.4. The van der Waals surface area contributed by atoms with Crippen molar-refractivity contribution in [3.8, 4) is 0 Å². The van der Waals surface area contributed by atoms with Gasteiger partial charge in [0.25, 0.3) is 5.91 Å². The molecule has 2 rings (SSSR count). The van der Waals surface area contributed by atoms with Crippen LogP contribution in [-0.2, 0) is 24.3 Å². The van der Waals surface area contributed by atoms with Gasteiger partial charge in [-0.15, -0.1) is 0 Å². The number of piperidine rings is 1. The van der Waals surface area contributed by atoms with Crippen LogP contribution in [0.1, 0.15) is 38.2 Å². The lowest BCUT2D eigenvalue weighted by Crippen LogP contribution is -2.41. The van der Waals surface area contributed by atoms with Crippen molar-refractivity contribution < 1.29 is 22.7 Å². The molecule has 1 fully saturated rings. The Morgan fingerprint density at radius 3 is 2.41 bits per heavy atom. The summed E-state index contributed by atoms with van der Waals surface area (Å²) in [4.78, 5) is 24.1. The summed E-state index contributed by atoms with van der Waals surface area (Å²) >= 11 is 0. The molecule has 1 aromatic carbocycles. The third-order valence-corrected chi connectivity index (χ3v) is 6.57. The summed E-state index contributed by atoms with van der Waals surface area (Å²) in [5.41, 5.74) is 1.73. The minimum atomic E-state index is -3.24. The first-order valence-electron chi connectivity index (χ1n) is 9.33. The monoisotopic (exact) mass is 396 g/mol. The van der Waals surface area contributed by atoms with Crippen LogP contribution in [0.25, 0.3) is 0 Å². The highest BCUT2D eigenvalue weighted by molar-refractivity contribution is 7.89. The molecule has 1 aliphatic rings. The number of sulfonamides is 1. The van der Waals surface area contributed by atoms with Gasteiger partial charge in [-0.25, -0.2) is 12.7 Å². The Bertz CT molecular complexity index is 738. The minimum absolute atomic E-state index is 0.151. The number of hydrogen-bond donors (Lipinski definition) is 1. The number of benzene rings is 1. The summed E-state index contributed by atoms with van der Waals surface area (Å²) in [6, 6.07) is 7.32. The minimum Gasteiger partial charge on any atom is -0.455 e. The first-order chi connectivity index (χ1) is 12.8. The molecule has 150 valence electrons. The molecule has 0 aromatic heterocycles. The van der Waals surface area contributed by atoms with Crippen LogP contribution in [-0.4, -0.2) is 50.0 Å². The molecule has 0 bridgehead atoms. The third-order valence-electron chi connectivity index (χ3n) is 4.62. The van der Waals surface area contributed by atoms with E-state index in [0.717, 1.165) is 12.0 Å². The lowest BCUT2D eigenvalue weighted by atomic mass is 9.98. The number of aryl methyl sites for hydroxylation is 1. The molecule has 1 N–H and O–H groups in total. The standard InChI is InChI=1S/C19H28N2O5S/c1-3-4-13-27(24,25)21-11-9-16(10-12-21)19(23)26-14-18(22)20-17-7-5-15(2)6-8-17/h5-8,16H,3-4,9-14H2,1-2H3,(H,20,22). The molecule has 0 atom stereocenters. The summed E-state index contributed by atoms with van der Waals surface area (Å²) in [5, 5.41) is 2.67. The predicted octanol–water partition coefficient (Wildman–Crippen LogP) is 2.32. The number of unbranched alkanes of at least 4 members (excludes halogenated alkanes) is 1. The largest absolute Gasteiger partial charge is 0.455 e. The van der Waals surface area contributed by atoms with Crippen molar-refractivity contribution in [1.29, 1.82) is 0 Å². The van der Waals surface area contributed by atoms with Crippen molar-refractivity contribution in [3.63, 3.8) is 0 Å². The molecule has 0 aliphatic carbocycles. The van der Waals surface area contributed by atoms with Crippen molar-refractivity contribution in [2.24, 2.45) is 5.92 Å². The summed E-state index contributed by atoms with van der Waals surface area (Å²) < 4.78 is 30.9. The Hall–Kier alpha value is -1.93. The summed E-state index contributed by atoms with van der Waals surface area (Å²) in [6.07, 6.45) is 2.31. The molecule has 1 heterocycles. The second-order valence-corrected chi connectivity index (χ2v) is 8.95. The van der Waals surface area contributed by atoms with Crippen LogP contribution in [0.2, 0.25) is 0 Å². The van der Waals surface area contributed by atoms with E-state index in [2.05, 4.69) is 5.32 Å². The molecule has 1 aliphatic heterocycles. The second-order valence-electron chi connectivity index (χ2n) is 6.86. The molecule has 0 spiro atoms. The number of hydrogen-bond acceptors (Lipinski definition) is 5. The lowest BCUT2D eigenvalue weighted by Gasteiger charge is -2.30. The van der Waals surface area contributed by atoms with E-state index >= 15 is 0 Å². The van der Waals surface area contributed by atoms with E-state index in [1.165, 1.54) is 4.31 Å². The highest BCUT2D eigenvalue weighted by Gasteiger charge is 2.31. The summed E-state index contributed by atoms with van der Waals surface area (Å²) in [5.74, 6) is -1.06. The van der Waals surface area contributed by atoms with Crippen LogP contribution in [0.4, 0.5) is 5.69 Å². The average molecular weight is 397 g/mol. The van der Waals surface area contributed by atoms with E-state index in [1.54, 1.807) is 12.1 Å². The van der Waals surface area contributed by atoms with Gasteiger partial charge in [-0.2, -0.15) is 0 Å². The van der Waals surface area contributed by atoms with Gasteiger partial charge in [-0.1, -0.05) is 31.0 Å². The summed E-state index contributed by atoms with van der Waals surface area (Å²) in [6.45, 7) is 4.20. The Balaban J connectivity index is 1.74. The molecule has 1 saturated heterocycles. The molecule has 0 unspecified atom stereocenters. The third kappa shape index (κ3) is 6.62. The molecule has 1 amide bonds. The van der Waals surface area contributed by atoms with Gasteiger partial charge in [-0.05, 0) is 38.3 Å². The smallest absolute Gasteiger partial charge is 0.309 e. The van der Waals surface area contributed by atoms with Crippen LogP contribution in [0.15, 0.2) is 24.3 Å². The molecular weight excluding hydrogens is 368 g/mol. The van der Waals surface area contributed by atoms with Crippen LogP contribution < -0.4 is 5.32 Å². The highest BCUT2D eigenvalue weighted by atomic mass is 32.2. The van der Waals surface area contributed by atoms with E-state index in [0.29, 0.717) is 38.0 Å². The topological polar surface area (TPSA) is 92.8 Å².